The first kappa shape index (κ1) is 15.4. The van der Waals surface area contributed by atoms with Crippen LogP contribution in [0.1, 0.15) is 39.5 Å². The zero-order chi connectivity index (χ0) is 14.4. The minimum Gasteiger partial charge on any atom is -0.370 e. The van der Waals surface area contributed by atoms with E-state index in [1.54, 1.807) is 11.8 Å². The molecule has 2 heterocycles. The van der Waals surface area contributed by atoms with Gasteiger partial charge in [-0.25, -0.2) is 9.97 Å². The van der Waals surface area contributed by atoms with Gasteiger partial charge in [-0.05, 0) is 37.9 Å². The molecule has 1 unspecified atom stereocenters. The Bertz CT molecular complexity index is 424. The number of hydrogen-bond donors (Lipinski definition) is 1. The Morgan fingerprint density at radius 2 is 2.20 bits per heavy atom. The van der Waals surface area contributed by atoms with E-state index in [2.05, 4.69) is 40.1 Å². The quantitative estimate of drug-likeness (QED) is 0.663. The molecule has 1 saturated heterocycles. The third-order valence-electron chi connectivity index (χ3n) is 3.77. The van der Waals surface area contributed by atoms with Crippen molar-refractivity contribution in [1.82, 2.24) is 9.97 Å². The summed E-state index contributed by atoms with van der Waals surface area (Å²) in [5, 5.41) is 4.24. The normalized spacial score (nSPS) is 19.8. The summed E-state index contributed by atoms with van der Waals surface area (Å²) in [6, 6.07) is 2.10. The maximum absolute atomic E-state index is 4.69. The number of nitrogens with zero attached hydrogens (tertiary/aromatic N) is 3. The number of anilines is 2. The summed E-state index contributed by atoms with van der Waals surface area (Å²) in [6.45, 7) is 7.70. The van der Waals surface area contributed by atoms with E-state index in [0.29, 0.717) is 0 Å². The Labute approximate surface area is 126 Å². The molecule has 4 nitrogen and oxygen atoms in total. The van der Waals surface area contributed by atoms with Crippen LogP contribution in [-0.4, -0.2) is 35.9 Å². The number of nitrogens with one attached hydrogen (secondary N) is 1. The lowest BCUT2D eigenvalue weighted by atomic mass is 10.0. The summed E-state index contributed by atoms with van der Waals surface area (Å²) >= 11 is 1.61. The lowest BCUT2D eigenvalue weighted by molar-refractivity contribution is 0.521. The minimum absolute atomic E-state index is 0.833. The molecule has 0 spiro atoms. The topological polar surface area (TPSA) is 41.0 Å². The maximum Gasteiger partial charge on any atom is 0.191 e. The van der Waals surface area contributed by atoms with Gasteiger partial charge in [0.25, 0.3) is 0 Å². The molecule has 1 aliphatic heterocycles. The second-order valence-corrected chi connectivity index (χ2v) is 6.32. The summed E-state index contributed by atoms with van der Waals surface area (Å²) < 4.78 is 0. The SMILES string of the molecule is CCCNc1cc(N2CCCC(C)CC2)nc(SC)n1. The lowest BCUT2D eigenvalue weighted by Gasteiger charge is -2.22. The van der Waals surface area contributed by atoms with Crippen LogP contribution in [0.2, 0.25) is 0 Å². The fourth-order valence-corrected chi connectivity index (χ4v) is 2.88. The van der Waals surface area contributed by atoms with Crippen molar-refractivity contribution >= 4 is 23.4 Å². The van der Waals surface area contributed by atoms with Crippen LogP contribution in [0.4, 0.5) is 11.6 Å². The van der Waals surface area contributed by atoms with Crippen molar-refractivity contribution in [1.29, 1.82) is 0 Å². The third kappa shape index (κ3) is 4.27. The zero-order valence-corrected chi connectivity index (χ0v) is 13.7. The Hall–Kier alpha value is -0.970. The molecule has 0 aromatic carbocycles. The van der Waals surface area contributed by atoms with Crippen LogP contribution in [0.15, 0.2) is 11.2 Å². The summed E-state index contributed by atoms with van der Waals surface area (Å²) in [6.07, 6.45) is 6.99. The zero-order valence-electron chi connectivity index (χ0n) is 12.9. The molecule has 1 aromatic heterocycles. The van der Waals surface area contributed by atoms with E-state index in [0.717, 1.165) is 48.8 Å². The van der Waals surface area contributed by atoms with Crippen LogP contribution in [0.25, 0.3) is 0 Å². The molecule has 0 radical (unpaired) electrons. The van der Waals surface area contributed by atoms with E-state index in [1.165, 1.54) is 19.3 Å². The van der Waals surface area contributed by atoms with E-state index in [4.69, 9.17) is 0 Å². The van der Waals surface area contributed by atoms with Crippen molar-refractivity contribution in [2.45, 2.75) is 44.7 Å². The van der Waals surface area contributed by atoms with Gasteiger partial charge in [0.15, 0.2) is 5.16 Å². The van der Waals surface area contributed by atoms with Gasteiger partial charge in [-0.15, -0.1) is 0 Å². The molecule has 0 aliphatic carbocycles. The van der Waals surface area contributed by atoms with Crippen LogP contribution in [0.3, 0.4) is 0 Å². The first-order chi connectivity index (χ1) is 9.72. The summed E-state index contributed by atoms with van der Waals surface area (Å²) in [5.74, 6) is 2.87. The largest absolute Gasteiger partial charge is 0.370 e. The van der Waals surface area contributed by atoms with Gasteiger partial charge in [0.05, 0.1) is 0 Å². The highest BCUT2D eigenvalue weighted by molar-refractivity contribution is 7.98. The number of thioether (sulfide) groups is 1. The highest BCUT2D eigenvalue weighted by Crippen LogP contribution is 2.24. The van der Waals surface area contributed by atoms with Gasteiger partial charge in [0, 0.05) is 25.7 Å². The van der Waals surface area contributed by atoms with E-state index in [9.17, 15) is 0 Å². The van der Waals surface area contributed by atoms with Gasteiger partial charge in [-0.3, -0.25) is 0 Å². The van der Waals surface area contributed by atoms with Crippen molar-refractivity contribution in [3.8, 4) is 0 Å². The first-order valence-corrected chi connectivity index (χ1v) is 8.87. The molecule has 112 valence electrons. The first-order valence-electron chi connectivity index (χ1n) is 7.64. The molecule has 2 rings (SSSR count). The van der Waals surface area contributed by atoms with E-state index >= 15 is 0 Å². The van der Waals surface area contributed by atoms with Gasteiger partial charge in [-0.2, -0.15) is 0 Å². The molecule has 0 bridgehead atoms. The number of aromatic nitrogens is 2. The fourth-order valence-electron chi connectivity index (χ4n) is 2.50. The average molecular weight is 294 g/mol. The van der Waals surface area contributed by atoms with Crippen molar-refractivity contribution in [2.75, 3.05) is 36.1 Å². The van der Waals surface area contributed by atoms with Crippen LogP contribution >= 0.6 is 11.8 Å². The van der Waals surface area contributed by atoms with Gasteiger partial charge in [-0.1, -0.05) is 25.6 Å². The second-order valence-electron chi connectivity index (χ2n) is 5.55. The van der Waals surface area contributed by atoms with Gasteiger partial charge >= 0.3 is 0 Å². The molecule has 1 fully saturated rings. The Kier molecular flexibility index (Phi) is 5.95. The third-order valence-corrected chi connectivity index (χ3v) is 4.32. The van der Waals surface area contributed by atoms with Gasteiger partial charge in [0.1, 0.15) is 11.6 Å². The molecule has 0 saturated carbocycles. The lowest BCUT2D eigenvalue weighted by Crippen LogP contribution is -2.25. The molecule has 1 aliphatic rings. The summed E-state index contributed by atoms with van der Waals surface area (Å²) in [5.41, 5.74) is 0. The van der Waals surface area contributed by atoms with Gasteiger partial charge < -0.3 is 10.2 Å². The predicted octanol–water partition coefficient (Wildman–Crippen LogP) is 3.65. The molecular formula is C15H26N4S. The molecule has 0 amide bonds. The Balaban J connectivity index is 2.16. The van der Waals surface area contributed by atoms with Crippen molar-refractivity contribution < 1.29 is 0 Å². The molecule has 5 heteroatoms. The highest BCUT2D eigenvalue weighted by Gasteiger charge is 2.16. The number of rotatable bonds is 5. The molecule has 1 N–H and O–H groups in total. The molecule has 20 heavy (non-hydrogen) atoms. The van der Waals surface area contributed by atoms with E-state index in [1.807, 2.05) is 6.26 Å². The van der Waals surface area contributed by atoms with Crippen molar-refractivity contribution in [3.05, 3.63) is 6.07 Å². The summed E-state index contributed by atoms with van der Waals surface area (Å²) in [7, 11) is 0. The van der Waals surface area contributed by atoms with Crippen molar-refractivity contribution in [3.63, 3.8) is 0 Å². The van der Waals surface area contributed by atoms with E-state index < -0.39 is 0 Å². The smallest absolute Gasteiger partial charge is 0.191 e. The average Bonchev–Trinajstić information content (AvgIpc) is 2.69. The second kappa shape index (κ2) is 7.72. The van der Waals surface area contributed by atoms with Crippen molar-refractivity contribution in [2.24, 2.45) is 5.92 Å². The maximum atomic E-state index is 4.69. The molecule has 1 atom stereocenters. The standard InChI is InChI=1S/C15H26N4S/c1-4-8-16-13-11-14(18-15(17-13)20-3)19-9-5-6-12(2)7-10-19/h11-12H,4-10H2,1-3H3,(H,16,17,18). The minimum atomic E-state index is 0.833. The molecular weight excluding hydrogens is 268 g/mol. The Morgan fingerprint density at radius 1 is 1.35 bits per heavy atom. The monoisotopic (exact) mass is 294 g/mol. The summed E-state index contributed by atoms with van der Waals surface area (Å²) in [4.78, 5) is 11.6. The van der Waals surface area contributed by atoms with E-state index in [-0.39, 0.29) is 0 Å². The number of hydrogen-bond acceptors (Lipinski definition) is 5. The van der Waals surface area contributed by atoms with Crippen LogP contribution in [-0.2, 0) is 0 Å². The molecule has 1 aromatic rings. The highest BCUT2D eigenvalue weighted by atomic mass is 32.2. The predicted molar refractivity (Wildman–Crippen MR) is 87.8 cm³/mol. The fraction of sp³-hybridized carbons (Fsp3) is 0.733. The Morgan fingerprint density at radius 3 is 2.95 bits per heavy atom. The van der Waals surface area contributed by atoms with Gasteiger partial charge in [0.2, 0.25) is 0 Å². The van der Waals surface area contributed by atoms with Crippen LogP contribution in [0.5, 0.6) is 0 Å². The van der Waals surface area contributed by atoms with Crippen LogP contribution in [0, 0.1) is 5.92 Å². The van der Waals surface area contributed by atoms with Crippen LogP contribution < -0.4 is 10.2 Å².